The Morgan fingerprint density at radius 3 is 2.32 bits per heavy atom. The van der Waals surface area contributed by atoms with Crippen molar-refractivity contribution >= 4 is 23.5 Å². The number of hydrogen-bond donors (Lipinski definition) is 2. The molecule has 3 aromatic carbocycles. The summed E-state index contributed by atoms with van der Waals surface area (Å²) in [4.78, 5) is 38.1. The van der Waals surface area contributed by atoms with E-state index in [1.54, 1.807) is 74.8 Å². The average Bonchev–Trinajstić information content (AvgIpc) is 3.29. The summed E-state index contributed by atoms with van der Waals surface area (Å²) >= 11 is 0. The largest absolute Gasteiger partial charge is 0.444 e. The Labute approximate surface area is 221 Å². The highest BCUT2D eigenvalue weighted by Gasteiger charge is 2.18. The third-order valence-electron chi connectivity index (χ3n) is 5.47. The number of anilines is 1. The summed E-state index contributed by atoms with van der Waals surface area (Å²) in [6.07, 6.45) is -0.508. The molecule has 0 aliphatic rings. The number of carbonyl (C=O) groups excluding carboxylic acids is 3. The molecule has 0 atom stereocenters. The van der Waals surface area contributed by atoms with Gasteiger partial charge >= 0.3 is 6.09 Å². The van der Waals surface area contributed by atoms with Gasteiger partial charge in [0, 0.05) is 23.4 Å². The Bertz CT molecular complexity index is 1470. The van der Waals surface area contributed by atoms with Gasteiger partial charge in [0.25, 0.3) is 5.91 Å². The normalized spacial score (nSPS) is 11.1. The first-order chi connectivity index (χ1) is 18.1. The summed E-state index contributed by atoms with van der Waals surface area (Å²) < 4.78 is 6.85. The smallest absolute Gasteiger partial charge is 0.407 e. The predicted octanol–water partition coefficient (Wildman–Crippen LogP) is 5.69. The Kier molecular flexibility index (Phi) is 7.71. The van der Waals surface area contributed by atoms with Crippen molar-refractivity contribution in [2.24, 2.45) is 0 Å². The lowest BCUT2D eigenvalue weighted by molar-refractivity contribution is 0.0523. The molecule has 4 aromatic rings. The van der Waals surface area contributed by atoms with Crippen molar-refractivity contribution in [3.8, 4) is 5.69 Å². The molecule has 2 N–H and O–H groups in total. The molecule has 0 aliphatic carbocycles. The van der Waals surface area contributed by atoms with Crippen molar-refractivity contribution < 1.29 is 19.1 Å². The third-order valence-corrected chi connectivity index (χ3v) is 5.47. The summed E-state index contributed by atoms with van der Waals surface area (Å²) in [5.41, 5.74) is 3.45. The molecule has 0 unspecified atom stereocenters. The monoisotopic (exact) mass is 510 g/mol. The number of benzene rings is 3. The fourth-order valence-electron chi connectivity index (χ4n) is 3.83. The van der Waals surface area contributed by atoms with Crippen LogP contribution in [0.25, 0.3) is 5.69 Å². The minimum absolute atomic E-state index is 0.126. The molecule has 0 saturated heterocycles. The van der Waals surface area contributed by atoms with Crippen molar-refractivity contribution in [3.05, 3.63) is 113 Å². The fraction of sp³-hybridized carbons (Fsp3) is 0.200. The van der Waals surface area contributed by atoms with E-state index in [0.29, 0.717) is 33.9 Å². The lowest BCUT2D eigenvalue weighted by Gasteiger charge is -2.19. The van der Waals surface area contributed by atoms with Crippen LogP contribution in [-0.2, 0) is 11.3 Å². The number of aromatic nitrogens is 2. The summed E-state index contributed by atoms with van der Waals surface area (Å²) in [5, 5.41) is 10.1. The van der Waals surface area contributed by atoms with E-state index >= 15 is 0 Å². The second kappa shape index (κ2) is 11.1. The molecular formula is C30H30N4O4. The minimum atomic E-state index is -0.588. The van der Waals surface area contributed by atoms with Crippen molar-refractivity contribution in [2.75, 3.05) is 5.32 Å². The Morgan fingerprint density at radius 2 is 1.58 bits per heavy atom. The lowest BCUT2D eigenvalue weighted by Crippen LogP contribution is -2.32. The number of ether oxygens (including phenoxy) is 1. The first-order valence-corrected chi connectivity index (χ1v) is 12.2. The van der Waals surface area contributed by atoms with E-state index in [2.05, 4.69) is 15.7 Å². The summed E-state index contributed by atoms with van der Waals surface area (Å²) in [6.45, 7) is 7.47. The van der Waals surface area contributed by atoms with Crippen LogP contribution in [0, 0.1) is 6.92 Å². The molecule has 0 bridgehead atoms. The van der Waals surface area contributed by atoms with Crippen molar-refractivity contribution in [2.45, 2.75) is 39.8 Å². The van der Waals surface area contributed by atoms with Crippen LogP contribution in [0.5, 0.6) is 0 Å². The Balaban J connectivity index is 1.51. The number of carbonyl (C=O) groups is 3. The van der Waals surface area contributed by atoms with Crippen LogP contribution < -0.4 is 10.6 Å². The molecule has 0 fully saturated rings. The van der Waals surface area contributed by atoms with Crippen LogP contribution >= 0.6 is 0 Å². The van der Waals surface area contributed by atoms with Gasteiger partial charge in [0.1, 0.15) is 11.3 Å². The molecule has 38 heavy (non-hydrogen) atoms. The zero-order valence-electron chi connectivity index (χ0n) is 21.8. The maximum absolute atomic E-state index is 13.3. The molecular weight excluding hydrogens is 480 g/mol. The van der Waals surface area contributed by atoms with Gasteiger partial charge in [-0.15, -0.1) is 0 Å². The van der Waals surface area contributed by atoms with Crippen LogP contribution in [0.15, 0.2) is 84.9 Å². The molecule has 194 valence electrons. The SMILES string of the molecule is Cc1cc(C(=O)Nc2cccc(C(=O)c3ccccc3)c2)n(-c2cccc(CNC(=O)OC(C)(C)C)c2)n1. The van der Waals surface area contributed by atoms with Crippen LogP contribution in [0.4, 0.5) is 10.5 Å². The molecule has 0 saturated carbocycles. The average molecular weight is 511 g/mol. The van der Waals surface area contributed by atoms with E-state index in [0.717, 1.165) is 5.56 Å². The van der Waals surface area contributed by atoms with Crippen molar-refractivity contribution in [1.29, 1.82) is 0 Å². The number of alkyl carbamates (subject to hydrolysis) is 1. The molecule has 4 rings (SSSR count). The lowest BCUT2D eigenvalue weighted by atomic mass is 10.0. The summed E-state index contributed by atoms with van der Waals surface area (Å²) in [5.74, 6) is -0.494. The van der Waals surface area contributed by atoms with Gasteiger partial charge in [-0.25, -0.2) is 9.48 Å². The van der Waals surface area contributed by atoms with Crippen LogP contribution in [0.3, 0.4) is 0 Å². The molecule has 0 aliphatic heterocycles. The highest BCUT2D eigenvalue weighted by Crippen LogP contribution is 2.19. The quantitative estimate of drug-likeness (QED) is 0.311. The van der Waals surface area contributed by atoms with Gasteiger partial charge in [-0.05, 0) is 63.6 Å². The number of amides is 2. The third kappa shape index (κ3) is 6.73. The molecule has 8 heteroatoms. The van der Waals surface area contributed by atoms with E-state index in [1.165, 1.54) is 0 Å². The van der Waals surface area contributed by atoms with Gasteiger partial charge in [-0.1, -0.05) is 54.6 Å². The number of nitrogens with one attached hydrogen (secondary N) is 2. The maximum atomic E-state index is 13.3. The molecule has 1 aromatic heterocycles. The predicted molar refractivity (Wildman–Crippen MR) is 146 cm³/mol. The molecule has 2 amide bonds. The second-order valence-corrected chi connectivity index (χ2v) is 9.84. The van der Waals surface area contributed by atoms with Crippen molar-refractivity contribution in [1.82, 2.24) is 15.1 Å². The van der Waals surface area contributed by atoms with Crippen molar-refractivity contribution in [3.63, 3.8) is 0 Å². The molecule has 1 heterocycles. The summed E-state index contributed by atoms with van der Waals surface area (Å²) in [6, 6.07) is 24.9. The second-order valence-electron chi connectivity index (χ2n) is 9.84. The fourth-order valence-corrected chi connectivity index (χ4v) is 3.83. The van der Waals surface area contributed by atoms with Gasteiger partial charge in [-0.3, -0.25) is 9.59 Å². The molecule has 0 spiro atoms. The Morgan fingerprint density at radius 1 is 0.868 bits per heavy atom. The van der Waals surface area contributed by atoms with E-state index < -0.39 is 11.7 Å². The highest BCUT2D eigenvalue weighted by atomic mass is 16.6. The standard InChI is InChI=1S/C30H30N4O4/c1-20-16-26(28(36)32-24-14-9-13-23(18-24)27(35)22-11-6-5-7-12-22)34(33-20)25-15-8-10-21(17-25)19-31-29(37)38-30(2,3)4/h5-18H,19H2,1-4H3,(H,31,37)(H,32,36). The van der Waals surface area contributed by atoms with Gasteiger partial charge in [0.15, 0.2) is 5.78 Å². The number of ketones is 1. The summed E-state index contributed by atoms with van der Waals surface area (Å²) in [7, 11) is 0. The molecule has 8 nitrogen and oxygen atoms in total. The first-order valence-electron chi connectivity index (χ1n) is 12.2. The minimum Gasteiger partial charge on any atom is -0.444 e. The van der Waals surface area contributed by atoms with Crippen LogP contribution in [0.2, 0.25) is 0 Å². The number of hydrogen-bond acceptors (Lipinski definition) is 5. The van der Waals surface area contributed by atoms with E-state index in [-0.39, 0.29) is 18.2 Å². The first kappa shape index (κ1) is 26.3. The topological polar surface area (TPSA) is 102 Å². The number of rotatable bonds is 7. The van der Waals surface area contributed by atoms with E-state index in [1.807, 2.05) is 42.5 Å². The van der Waals surface area contributed by atoms with E-state index in [4.69, 9.17) is 4.74 Å². The highest BCUT2D eigenvalue weighted by molar-refractivity contribution is 6.10. The van der Waals surface area contributed by atoms with Crippen LogP contribution in [-0.4, -0.2) is 33.2 Å². The van der Waals surface area contributed by atoms with Gasteiger partial charge < -0.3 is 15.4 Å². The number of aryl methyl sites for hydroxylation is 1. The van der Waals surface area contributed by atoms with Gasteiger partial charge in [-0.2, -0.15) is 5.10 Å². The molecule has 0 radical (unpaired) electrons. The zero-order valence-corrected chi connectivity index (χ0v) is 21.8. The van der Waals surface area contributed by atoms with Gasteiger partial charge in [0.2, 0.25) is 0 Å². The van der Waals surface area contributed by atoms with E-state index in [9.17, 15) is 14.4 Å². The maximum Gasteiger partial charge on any atom is 0.407 e. The Hall–Kier alpha value is -4.72. The van der Waals surface area contributed by atoms with Crippen LogP contribution in [0.1, 0.15) is 58.4 Å². The van der Waals surface area contributed by atoms with Gasteiger partial charge in [0.05, 0.1) is 11.4 Å². The zero-order chi connectivity index (χ0) is 27.3. The number of nitrogens with zero attached hydrogens (tertiary/aromatic N) is 2.